The molecule has 0 saturated carbocycles. The molecule has 1 rings (SSSR count). The van der Waals surface area contributed by atoms with E-state index in [4.69, 9.17) is 10.5 Å². The number of piperidine rings is 1. The number of hydrogen-bond donors (Lipinski definition) is 2. The fourth-order valence-corrected chi connectivity index (χ4v) is 2.11. The standard InChI is InChI=1S/C14H27N3O3/c1-5-20-13(19)17-8-6-10(7-9-17)16-12(18)11(15)14(2,3)4/h10-11H,5-9,15H2,1-4H3,(H,16,18)/t11-/m1/s1. The first-order valence-electron chi connectivity index (χ1n) is 7.23. The molecule has 6 nitrogen and oxygen atoms in total. The van der Waals surface area contributed by atoms with Crippen LogP contribution in [-0.4, -0.2) is 48.7 Å². The monoisotopic (exact) mass is 285 g/mol. The van der Waals surface area contributed by atoms with Gasteiger partial charge < -0.3 is 20.7 Å². The molecule has 0 aliphatic carbocycles. The van der Waals surface area contributed by atoms with Crippen molar-refractivity contribution in [2.24, 2.45) is 11.1 Å². The Balaban J connectivity index is 2.39. The summed E-state index contributed by atoms with van der Waals surface area (Å²) in [6.07, 6.45) is 1.20. The lowest BCUT2D eigenvalue weighted by atomic mass is 9.86. The van der Waals surface area contributed by atoms with Crippen molar-refractivity contribution in [3.8, 4) is 0 Å². The zero-order valence-electron chi connectivity index (χ0n) is 12.9. The van der Waals surface area contributed by atoms with Gasteiger partial charge in [0.2, 0.25) is 5.91 Å². The van der Waals surface area contributed by atoms with Gasteiger partial charge in [-0.2, -0.15) is 0 Å². The van der Waals surface area contributed by atoms with Crippen LogP contribution < -0.4 is 11.1 Å². The van der Waals surface area contributed by atoms with Gasteiger partial charge in [-0.1, -0.05) is 20.8 Å². The van der Waals surface area contributed by atoms with Crippen LogP contribution in [0.4, 0.5) is 4.79 Å². The molecule has 0 unspecified atom stereocenters. The zero-order chi connectivity index (χ0) is 15.3. The molecule has 0 bridgehead atoms. The predicted octanol–water partition coefficient (Wildman–Crippen LogP) is 1.10. The van der Waals surface area contributed by atoms with E-state index in [9.17, 15) is 9.59 Å². The number of nitrogens with two attached hydrogens (primary N) is 1. The lowest BCUT2D eigenvalue weighted by Gasteiger charge is -2.33. The van der Waals surface area contributed by atoms with Gasteiger partial charge >= 0.3 is 6.09 Å². The Kier molecular flexibility index (Phi) is 5.80. The van der Waals surface area contributed by atoms with Gasteiger partial charge in [0.05, 0.1) is 12.6 Å². The number of carbonyl (C=O) groups is 2. The fourth-order valence-electron chi connectivity index (χ4n) is 2.11. The van der Waals surface area contributed by atoms with Gasteiger partial charge in [0, 0.05) is 19.1 Å². The summed E-state index contributed by atoms with van der Waals surface area (Å²) in [5, 5.41) is 2.97. The Bertz CT molecular complexity index is 344. The van der Waals surface area contributed by atoms with Crippen molar-refractivity contribution in [3.05, 3.63) is 0 Å². The molecule has 2 amide bonds. The van der Waals surface area contributed by atoms with Crippen LogP contribution >= 0.6 is 0 Å². The van der Waals surface area contributed by atoms with E-state index in [1.54, 1.807) is 11.8 Å². The van der Waals surface area contributed by atoms with Crippen LogP contribution in [0.25, 0.3) is 0 Å². The number of amides is 2. The number of ether oxygens (including phenoxy) is 1. The van der Waals surface area contributed by atoms with E-state index in [1.807, 2.05) is 20.8 Å². The van der Waals surface area contributed by atoms with Crippen LogP contribution in [0.15, 0.2) is 0 Å². The van der Waals surface area contributed by atoms with E-state index < -0.39 is 6.04 Å². The molecule has 6 heteroatoms. The lowest BCUT2D eigenvalue weighted by molar-refractivity contribution is -0.125. The minimum absolute atomic E-state index is 0.0848. The van der Waals surface area contributed by atoms with Crippen molar-refractivity contribution >= 4 is 12.0 Å². The van der Waals surface area contributed by atoms with Crippen molar-refractivity contribution < 1.29 is 14.3 Å². The summed E-state index contributed by atoms with van der Waals surface area (Å²) >= 11 is 0. The summed E-state index contributed by atoms with van der Waals surface area (Å²) in [6, 6.07) is -0.438. The molecule has 1 fully saturated rings. The van der Waals surface area contributed by atoms with Crippen LogP contribution in [0.3, 0.4) is 0 Å². The Morgan fingerprint density at radius 1 is 1.35 bits per heavy atom. The van der Waals surface area contributed by atoms with Crippen LogP contribution in [0.5, 0.6) is 0 Å². The molecule has 3 N–H and O–H groups in total. The van der Waals surface area contributed by atoms with E-state index in [2.05, 4.69) is 5.32 Å². The Hall–Kier alpha value is -1.30. The molecule has 0 aromatic rings. The second-order valence-electron chi connectivity index (χ2n) is 6.31. The van der Waals surface area contributed by atoms with Crippen LogP contribution in [0.1, 0.15) is 40.5 Å². The van der Waals surface area contributed by atoms with Crippen LogP contribution in [0.2, 0.25) is 0 Å². The summed E-state index contributed by atoms with van der Waals surface area (Å²) in [4.78, 5) is 25.3. The van der Waals surface area contributed by atoms with Gasteiger partial charge in [-0.3, -0.25) is 4.79 Å². The molecule has 0 aromatic heterocycles. The number of hydrogen-bond acceptors (Lipinski definition) is 4. The number of rotatable bonds is 3. The molecule has 1 saturated heterocycles. The van der Waals surface area contributed by atoms with Crippen molar-refractivity contribution in [1.82, 2.24) is 10.2 Å². The number of nitrogens with one attached hydrogen (secondary N) is 1. The molecular weight excluding hydrogens is 258 g/mol. The molecule has 0 aromatic carbocycles. The molecule has 1 heterocycles. The first-order chi connectivity index (χ1) is 9.25. The molecular formula is C14H27N3O3. The fraction of sp³-hybridized carbons (Fsp3) is 0.857. The Morgan fingerprint density at radius 2 is 1.90 bits per heavy atom. The number of likely N-dealkylation sites (tertiary alicyclic amines) is 1. The topological polar surface area (TPSA) is 84.7 Å². The second-order valence-corrected chi connectivity index (χ2v) is 6.31. The zero-order valence-corrected chi connectivity index (χ0v) is 12.9. The minimum atomic E-state index is -0.523. The summed E-state index contributed by atoms with van der Waals surface area (Å²) in [5.74, 6) is -0.118. The van der Waals surface area contributed by atoms with E-state index in [0.29, 0.717) is 19.7 Å². The van der Waals surface area contributed by atoms with Gasteiger partial charge in [-0.15, -0.1) is 0 Å². The van der Waals surface area contributed by atoms with Crippen molar-refractivity contribution in [1.29, 1.82) is 0 Å². The average Bonchev–Trinajstić information content (AvgIpc) is 2.37. The van der Waals surface area contributed by atoms with Gasteiger partial charge in [0.1, 0.15) is 0 Å². The number of nitrogens with zero attached hydrogens (tertiary/aromatic N) is 1. The third kappa shape index (κ3) is 4.67. The van der Waals surface area contributed by atoms with Crippen molar-refractivity contribution in [3.63, 3.8) is 0 Å². The van der Waals surface area contributed by atoms with Crippen molar-refractivity contribution in [2.75, 3.05) is 19.7 Å². The van der Waals surface area contributed by atoms with Crippen molar-refractivity contribution in [2.45, 2.75) is 52.6 Å². The van der Waals surface area contributed by atoms with Gasteiger partial charge in [0.15, 0.2) is 0 Å². The smallest absolute Gasteiger partial charge is 0.409 e. The molecule has 116 valence electrons. The summed E-state index contributed by atoms with van der Waals surface area (Å²) in [6.45, 7) is 9.22. The molecule has 1 aliphatic rings. The van der Waals surface area contributed by atoms with Gasteiger partial charge in [-0.05, 0) is 25.2 Å². The quantitative estimate of drug-likeness (QED) is 0.813. The Labute approximate surface area is 121 Å². The second kappa shape index (κ2) is 6.92. The third-order valence-corrected chi connectivity index (χ3v) is 3.58. The van der Waals surface area contributed by atoms with Crippen LogP contribution in [-0.2, 0) is 9.53 Å². The van der Waals surface area contributed by atoms with E-state index in [-0.39, 0.29) is 23.5 Å². The maximum atomic E-state index is 12.0. The lowest BCUT2D eigenvalue weighted by Crippen LogP contribution is -2.54. The first-order valence-corrected chi connectivity index (χ1v) is 7.23. The highest BCUT2D eigenvalue weighted by molar-refractivity contribution is 5.82. The normalized spacial score (nSPS) is 18.6. The number of carbonyl (C=O) groups excluding carboxylic acids is 2. The third-order valence-electron chi connectivity index (χ3n) is 3.58. The summed E-state index contributed by atoms with van der Waals surface area (Å²) in [5.41, 5.74) is 5.68. The molecule has 20 heavy (non-hydrogen) atoms. The average molecular weight is 285 g/mol. The van der Waals surface area contributed by atoms with Gasteiger partial charge in [-0.25, -0.2) is 4.79 Å². The molecule has 1 aliphatic heterocycles. The molecule has 0 radical (unpaired) electrons. The minimum Gasteiger partial charge on any atom is -0.450 e. The molecule has 1 atom stereocenters. The Morgan fingerprint density at radius 3 is 2.35 bits per heavy atom. The van der Waals surface area contributed by atoms with E-state index in [1.165, 1.54) is 0 Å². The highest BCUT2D eigenvalue weighted by Crippen LogP contribution is 2.18. The predicted molar refractivity (Wildman–Crippen MR) is 77.2 cm³/mol. The maximum absolute atomic E-state index is 12.0. The van der Waals surface area contributed by atoms with Gasteiger partial charge in [0.25, 0.3) is 0 Å². The molecule has 0 spiro atoms. The van der Waals surface area contributed by atoms with E-state index in [0.717, 1.165) is 12.8 Å². The summed E-state index contributed by atoms with van der Waals surface area (Å²) in [7, 11) is 0. The SMILES string of the molecule is CCOC(=O)N1CCC(NC(=O)[C@@H](N)C(C)(C)C)CC1. The first kappa shape index (κ1) is 16.8. The highest BCUT2D eigenvalue weighted by Gasteiger charge is 2.30. The highest BCUT2D eigenvalue weighted by atomic mass is 16.6. The maximum Gasteiger partial charge on any atom is 0.409 e. The van der Waals surface area contributed by atoms with Crippen LogP contribution in [0, 0.1) is 5.41 Å². The summed E-state index contributed by atoms with van der Waals surface area (Å²) < 4.78 is 4.96. The largest absolute Gasteiger partial charge is 0.450 e. The van der Waals surface area contributed by atoms with E-state index >= 15 is 0 Å².